The minimum Gasteiger partial charge on any atom is -0.396 e. The Hall–Kier alpha value is -0.840. The molecule has 0 saturated heterocycles. The summed E-state index contributed by atoms with van der Waals surface area (Å²) in [5.74, 6) is 0. The normalized spacial score (nSPS) is 15.5. The third-order valence-electron chi connectivity index (χ3n) is 2.91. The number of halogens is 10. The molecular formula is C9H10F10O5S2. The zero-order valence-electron chi connectivity index (χ0n) is 12.1. The molecule has 0 aromatic heterocycles. The highest BCUT2D eigenvalue weighted by atomic mass is 32.3. The molecular weight excluding hydrogens is 442 g/mol. The second kappa shape index (κ2) is 7.29. The first-order valence-electron chi connectivity index (χ1n) is 6.16. The maximum Gasteiger partial charge on any atom is 0.469 e. The molecule has 0 atom stereocenters. The van der Waals surface area contributed by atoms with Crippen LogP contribution in [0.25, 0.3) is 0 Å². The van der Waals surface area contributed by atoms with Gasteiger partial charge in [0, 0.05) is 6.61 Å². The van der Waals surface area contributed by atoms with Crippen LogP contribution < -0.4 is 0 Å². The standard InChI is InChI=1S/C9H10F10O5S2/c10-6(11,12)8(16,17)25(21,22)5(3-1-2-4-20)26(23,24)9(18,19)7(13,14)15/h5,20H,1-4H2. The van der Waals surface area contributed by atoms with E-state index in [9.17, 15) is 60.7 Å². The van der Waals surface area contributed by atoms with Crippen LogP contribution in [-0.2, 0) is 19.7 Å². The Morgan fingerprint density at radius 3 is 1.19 bits per heavy atom. The third-order valence-corrected chi connectivity index (χ3v) is 8.18. The van der Waals surface area contributed by atoms with E-state index in [-0.39, 0.29) is 0 Å². The highest BCUT2D eigenvalue weighted by Gasteiger charge is 2.76. The number of aliphatic hydroxyl groups excluding tert-OH is 1. The van der Waals surface area contributed by atoms with Crippen LogP contribution in [-0.4, -0.2) is 56.0 Å². The predicted octanol–water partition coefficient (Wildman–Crippen LogP) is 2.61. The summed E-state index contributed by atoms with van der Waals surface area (Å²) in [6.07, 6.45) is -17.6. The summed E-state index contributed by atoms with van der Waals surface area (Å²) in [4.78, 5) is 0. The number of unbranched alkanes of at least 4 members (excludes halogenated alkanes) is 1. The van der Waals surface area contributed by atoms with E-state index >= 15 is 0 Å². The van der Waals surface area contributed by atoms with Crippen molar-refractivity contribution in [1.82, 2.24) is 0 Å². The quantitative estimate of drug-likeness (QED) is 0.452. The second-order valence-electron chi connectivity index (χ2n) is 4.77. The van der Waals surface area contributed by atoms with E-state index in [1.165, 1.54) is 0 Å². The molecule has 0 fully saturated rings. The van der Waals surface area contributed by atoms with Gasteiger partial charge in [-0.3, -0.25) is 0 Å². The molecule has 0 bridgehead atoms. The zero-order valence-corrected chi connectivity index (χ0v) is 13.7. The molecule has 158 valence electrons. The molecule has 0 saturated carbocycles. The van der Waals surface area contributed by atoms with Crippen LogP contribution in [0.3, 0.4) is 0 Å². The van der Waals surface area contributed by atoms with Crippen molar-refractivity contribution in [3.63, 3.8) is 0 Å². The summed E-state index contributed by atoms with van der Waals surface area (Å²) >= 11 is 0. The number of alkyl halides is 10. The van der Waals surface area contributed by atoms with Crippen molar-refractivity contribution in [3.8, 4) is 0 Å². The highest BCUT2D eigenvalue weighted by Crippen LogP contribution is 2.48. The number of hydrogen-bond acceptors (Lipinski definition) is 5. The highest BCUT2D eigenvalue weighted by molar-refractivity contribution is 8.10. The van der Waals surface area contributed by atoms with Gasteiger partial charge in [0.05, 0.1) is 0 Å². The maximum absolute atomic E-state index is 13.1. The maximum atomic E-state index is 13.1. The molecule has 0 amide bonds. The lowest BCUT2D eigenvalue weighted by Crippen LogP contribution is -2.56. The van der Waals surface area contributed by atoms with Gasteiger partial charge in [0.2, 0.25) is 19.7 Å². The predicted molar refractivity (Wildman–Crippen MR) is 64.6 cm³/mol. The molecule has 0 rings (SSSR count). The van der Waals surface area contributed by atoms with Gasteiger partial charge in [-0.15, -0.1) is 0 Å². The molecule has 0 spiro atoms. The van der Waals surface area contributed by atoms with Gasteiger partial charge < -0.3 is 5.11 Å². The van der Waals surface area contributed by atoms with Crippen LogP contribution >= 0.6 is 0 Å². The molecule has 0 unspecified atom stereocenters. The van der Waals surface area contributed by atoms with Gasteiger partial charge in [0.1, 0.15) is 0 Å². The first-order valence-corrected chi connectivity index (χ1v) is 9.25. The fourth-order valence-corrected chi connectivity index (χ4v) is 5.87. The summed E-state index contributed by atoms with van der Waals surface area (Å²) < 4.78 is 167. The van der Waals surface area contributed by atoms with Crippen molar-refractivity contribution in [2.24, 2.45) is 0 Å². The van der Waals surface area contributed by atoms with Crippen molar-refractivity contribution in [2.45, 2.75) is 46.7 Å². The van der Waals surface area contributed by atoms with Gasteiger partial charge in [0.25, 0.3) is 0 Å². The Bertz CT molecular complexity index is 635. The van der Waals surface area contributed by atoms with E-state index in [4.69, 9.17) is 5.11 Å². The van der Waals surface area contributed by atoms with Gasteiger partial charge in [-0.25, -0.2) is 16.8 Å². The zero-order chi connectivity index (χ0) is 21.4. The molecule has 26 heavy (non-hydrogen) atoms. The average molecular weight is 452 g/mol. The molecule has 0 aromatic carbocycles. The number of rotatable bonds is 8. The summed E-state index contributed by atoms with van der Waals surface area (Å²) in [5, 5.41) is -5.43. The van der Waals surface area contributed by atoms with Crippen LogP contribution in [0.2, 0.25) is 0 Å². The first kappa shape index (κ1) is 25.2. The van der Waals surface area contributed by atoms with Crippen LogP contribution in [0.1, 0.15) is 19.3 Å². The Morgan fingerprint density at radius 2 is 0.962 bits per heavy atom. The third kappa shape index (κ3) is 4.18. The Balaban J connectivity index is 6.54. The smallest absolute Gasteiger partial charge is 0.396 e. The lowest BCUT2D eigenvalue weighted by Gasteiger charge is -2.28. The Kier molecular flexibility index (Phi) is 7.06. The minimum absolute atomic E-state index is 0.670. The van der Waals surface area contributed by atoms with Crippen LogP contribution in [0, 0.1) is 0 Å². The van der Waals surface area contributed by atoms with Crippen LogP contribution in [0.5, 0.6) is 0 Å². The first-order chi connectivity index (χ1) is 11.2. The van der Waals surface area contributed by atoms with Crippen molar-refractivity contribution >= 4 is 19.7 Å². The fraction of sp³-hybridized carbons (Fsp3) is 1.00. The van der Waals surface area contributed by atoms with Gasteiger partial charge in [-0.05, 0) is 19.3 Å². The van der Waals surface area contributed by atoms with E-state index < -0.39 is 73.0 Å². The molecule has 17 heteroatoms. The Morgan fingerprint density at radius 1 is 0.654 bits per heavy atom. The molecule has 0 aromatic rings. The topological polar surface area (TPSA) is 88.5 Å². The lowest BCUT2D eigenvalue weighted by molar-refractivity contribution is -0.242. The van der Waals surface area contributed by atoms with Crippen molar-refractivity contribution in [1.29, 1.82) is 0 Å². The molecule has 5 nitrogen and oxygen atoms in total. The molecule has 0 aliphatic carbocycles. The summed E-state index contributed by atoms with van der Waals surface area (Å²) in [7, 11) is -14.9. The second-order valence-corrected chi connectivity index (χ2v) is 9.41. The van der Waals surface area contributed by atoms with E-state index in [0.29, 0.717) is 0 Å². The number of sulfone groups is 2. The largest absolute Gasteiger partial charge is 0.469 e. The molecule has 0 radical (unpaired) electrons. The SMILES string of the molecule is O=S(=O)(C(CCCCO)S(=O)(=O)C(F)(F)C(F)(F)F)C(F)(F)C(F)(F)F. The summed E-state index contributed by atoms with van der Waals surface area (Å²) in [6, 6.07) is 0. The fourth-order valence-electron chi connectivity index (χ4n) is 1.55. The molecule has 0 aliphatic heterocycles. The van der Waals surface area contributed by atoms with Crippen molar-refractivity contribution in [3.05, 3.63) is 0 Å². The van der Waals surface area contributed by atoms with Crippen LogP contribution in [0.4, 0.5) is 43.9 Å². The molecule has 0 aliphatic rings. The molecule has 1 N–H and O–H groups in total. The monoisotopic (exact) mass is 452 g/mol. The Labute approximate surface area is 139 Å². The van der Waals surface area contributed by atoms with Gasteiger partial charge in [-0.1, -0.05) is 0 Å². The minimum atomic E-state index is -7.45. The number of hydrogen-bond donors (Lipinski definition) is 1. The van der Waals surface area contributed by atoms with E-state index in [1.54, 1.807) is 0 Å². The van der Waals surface area contributed by atoms with Crippen molar-refractivity contribution in [2.75, 3.05) is 6.61 Å². The van der Waals surface area contributed by atoms with Crippen LogP contribution in [0.15, 0.2) is 0 Å². The molecule has 0 heterocycles. The van der Waals surface area contributed by atoms with E-state index in [2.05, 4.69) is 0 Å². The van der Waals surface area contributed by atoms with Gasteiger partial charge >= 0.3 is 22.9 Å². The average Bonchev–Trinajstić information content (AvgIpc) is 2.40. The van der Waals surface area contributed by atoms with E-state index in [0.717, 1.165) is 0 Å². The summed E-state index contributed by atoms with van der Waals surface area (Å²) in [6.45, 7) is -0.905. The lowest BCUT2D eigenvalue weighted by atomic mass is 10.3. The van der Waals surface area contributed by atoms with Gasteiger partial charge in [0.15, 0.2) is 4.58 Å². The van der Waals surface area contributed by atoms with E-state index in [1.807, 2.05) is 0 Å². The number of aliphatic hydroxyl groups is 1. The summed E-state index contributed by atoms with van der Waals surface area (Å²) in [5.41, 5.74) is 0. The van der Waals surface area contributed by atoms with Crippen molar-refractivity contribution < 1.29 is 65.8 Å². The van der Waals surface area contributed by atoms with Gasteiger partial charge in [-0.2, -0.15) is 43.9 Å².